The molecule has 0 aliphatic rings. The molecule has 0 aromatic heterocycles. The Bertz CT molecular complexity index is 567. The van der Waals surface area contributed by atoms with E-state index in [1.165, 1.54) is 20.1 Å². The molecule has 1 aromatic rings. The number of methoxy groups -OCH3 is 1. The molecule has 6 heteroatoms. The van der Waals surface area contributed by atoms with Gasteiger partial charge in [0.1, 0.15) is 18.3 Å². The number of esters is 1. The van der Waals surface area contributed by atoms with E-state index in [4.69, 9.17) is 4.74 Å². The molecule has 0 unspecified atom stereocenters. The third-order valence-electron chi connectivity index (χ3n) is 2.99. The fourth-order valence-electron chi connectivity index (χ4n) is 1.77. The Labute approximate surface area is 129 Å². The van der Waals surface area contributed by atoms with Crippen molar-refractivity contribution in [1.82, 2.24) is 0 Å². The number of hydrogen-bond donors (Lipinski definition) is 1. The van der Waals surface area contributed by atoms with E-state index in [0.29, 0.717) is 11.3 Å². The summed E-state index contributed by atoms with van der Waals surface area (Å²) in [6, 6.07) is 6.84. The van der Waals surface area contributed by atoms with E-state index in [1.807, 2.05) is 0 Å². The number of hydrogen-bond acceptors (Lipinski definition) is 5. The average molecular weight is 305 g/mol. The number of carbonyl (C=O) groups excluding carboxylic acids is 3. The van der Waals surface area contributed by atoms with Gasteiger partial charge in [0.15, 0.2) is 0 Å². The number of Topliss-reactive ketones (excluding diaryl/α,β-unsaturated/α-hetero) is 1. The number of rotatable bonds is 7. The van der Waals surface area contributed by atoms with Crippen molar-refractivity contribution < 1.29 is 23.9 Å². The van der Waals surface area contributed by atoms with Crippen molar-refractivity contribution in [3.8, 4) is 0 Å². The SMILES string of the molecule is C=CC[C@H](C(C)=O)C(=O)OCc1ccccc1NC(=O)OC. The lowest BCUT2D eigenvalue weighted by atomic mass is 10.0. The molecule has 0 saturated carbocycles. The number of carbonyl (C=O) groups is 3. The molecule has 1 aromatic carbocycles. The zero-order chi connectivity index (χ0) is 16.5. The van der Waals surface area contributed by atoms with Crippen LogP contribution in [0.15, 0.2) is 36.9 Å². The van der Waals surface area contributed by atoms with Gasteiger partial charge in [-0.1, -0.05) is 24.3 Å². The summed E-state index contributed by atoms with van der Waals surface area (Å²) in [7, 11) is 1.25. The molecule has 22 heavy (non-hydrogen) atoms. The Morgan fingerprint density at radius 3 is 2.59 bits per heavy atom. The first kappa shape index (κ1) is 17.4. The molecule has 0 aliphatic heterocycles. The van der Waals surface area contributed by atoms with Gasteiger partial charge in [-0.05, 0) is 19.4 Å². The fourth-order valence-corrected chi connectivity index (χ4v) is 1.77. The number of para-hydroxylation sites is 1. The van der Waals surface area contributed by atoms with Crippen LogP contribution in [-0.4, -0.2) is 25.0 Å². The molecular weight excluding hydrogens is 286 g/mol. The first-order valence-corrected chi connectivity index (χ1v) is 6.70. The topological polar surface area (TPSA) is 81.7 Å². The van der Waals surface area contributed by atoms with Crippen LogP contribution in [0.2, 0.25) is 0 Å². The molecule has 0 heterocycles. The number of amides is 1. The predicted octanol–water partition coefficient (Wildman–Crippen LogP) is 2.69. The molecule has 0 fully saturated rings. The second-order valence-electron chi connectivity index (χ2n) is 4.57. The molecule has 0 saturated heterocycles. The van der Waals surface area contributed by atoms with Crippen LogP contribution in [0.1, 0.15) is 18.9 Å². The third kappa shape index (κ3) is 5.05. The van der Waals surface area contributed by atoms with Crippen LogP contribution in [0.5, 0.6) is 0 Å². The van der Waals surface area contributed by atoms with Gasteiger partial charge in [-0.25, -0.2) is 4.79 Å². The summed E-state index contributed by atoms with van der Waals surface area (Å²) in [6.45, 7) is 4.80. The van der Waals surface area contributed by atoms with Gasteiger partial charge in [0.25, 0.3) is 0 Å². The second-order valence-corrected chi connectivity index (χ2v) is 4.57. The van der Waals surface area contributed by atoms with Gasteiger partial charge in [-0.15, -0.1) is 6.58 Å². The summed E-state index contributed by atoms with van der Waals surface area (Å²) >= 11 is 0. The molecule has 6 nitrogen and oxygen atoms in total. The minimum atomic E-state index is -0.849. The van der Waals surface area contributed by atoms with Crippen molar-refractivity contribution in [1.29, 1.82) is 0 Å². The van der Waals surface area contributed by atoms with Crippen molar-refractivity contribution in [2.45, 2.75) is 20.0 Å². The maximum absolute atomic E-state index is 11.9. The largest absolute Gasteiger partial charge is 0.460 e. The molecule has 1 amide bonds. The Kier molecular flexibility index (Phi) is 6.82. The zero-order valence-corrected chi connectivity index (χ0v) is 12.6. The number of benzene rings is 1. The molecular formula is C16H19NO5. The minimum Gasteiger partial charge on any atom is -0.460 e. The molecule has 1 atom stereocenters. The lowest BCUT2D eigenvalue weighted by molar-refractivity contribution is -0.152. The zero-order valence-electron chi connectivity index (χ0n) is 12.6. The van der Waals surface area contributed by atoms with Crippen LogP contribution in [0.4, 0.5) is 10.5 Å². The molecule has 118 valence electrons. The van der Waals surface area contributed by atoms with E-state index >= 15 is 0 Å². The van der Waals surface area contributed by atoms with Gasteiger partial charge >= 0.3 is 12.1 Å². The van der Waals surface area contributed by atoms with E-state index in [2.05, 4.69) is 16.6 Å². The number of ether oxygens (including phenoxy) is 2. The highest BCUT2D eigenvalue weighted by atomic mass is 16.5. The first-order valence-electron chi connectivity index (χ1n) is 6.70. The van der Waals surface area contributed by atoms with Crippen molar-refractivity contribution in [2.24, 2.45) is 5.92 Å². The maximum Gasteiger partial charge on any atom is 0.411 e. The quantitative estimate of drug-likeness (QED) is 0.476. The van der Waals surface area contributed by atoms with E-state index in [0.717, 1.165) is 0 Å². The van der Waals surface area contributed by atoms with Crippen LogP contribution < -0.4 is 5.32 Å². The number of nitrogens with one attached hydrogen (secondary N) is 1. The Hall–Kier alpha value is -2.63. The van der Waals surface area contributed by atoms with Gasteiger partial charge in [0.2, 0.25) is 0 Å². The van der Waals surface area contributed by atoms with Crippen molar-refractivity contribution in [3.63, 3.8) is 0 Å². The van der Waals surface area contributed by atoms with Gasteiger partial charge in [0, 0.05) is 5.56 Å². The molecule has 0 bridgehead atoms. The van der Waals surface area contributed by atoms with Gasteiger partial charge < -0.3 is 9.47 Å². The van der Waals surface area contributed by atoms with E-state index in [1.54, 1.807) is 24.3 Å². The highest BCUT2D eigenvalue weighted by Gasteiger charge is 2.23. The van der Waals surface area contributed by atoms with Crippen LogP contribution in [0.25, 0.3) is 0 Å². The lowest BCUT2D eigenvalue weighted by Crippen LogP contribution is -2.24. The highest BCUT2D eigenvalue weighted by Crippen LogP contribution is 2.18. The number of allylic oxidation sites excluding steroid dienone is 1. The summed E-state index contributed by atoms with van der Waals surface area (Å²) in [4.78, 5) is 34.6. The van der Waals surface area contributed by atoms with Crippen LogP contribution >= 0.6 is 0 Å². The minimum absolute atomic E-state index is 0.0556. The van der Waals surface area contributed by atoms with E-state index in [-0.39, 0.29) is 18.8 Å². The summed E-state index contributed by atoms with van der Waals surface area (Å²) in [6.07, 6.45) is 1.11. The Balaban J connectivity index is 2.75. The third-order valence-corrected chi connectivity index (χ3v) is 2.99. The van der Waals surface area contributed by atoms with Crippen molar-refractivity contribution in [2.75, 3.05) is 12.4 Å². The number of ketones is 1. The standard InChI is InChI=1S/C16H19NO5/c1-4-7-13(11(2)18)15(19)22-10-12-8-5-6-9-14(12)17-16(20)21-3/h4-6,8-9,13H,1,7,10H2,2-3H3,(H,17,20)/t13-/m1/s1. The van der Waals surface area contributed by atoms with E-state index < -0.39 is 18.0 Å². The monoisotopic (exact) mass is 305 g/mol. The Morgan fingerprint density at radius 1 is 1.32 bits per heavy atom. The average Bonchev–Trinajstić information content (AvgIpc) is 2.50. The normalized spacial score (nSPS) is 11.2. The molecule has 0 aliphatic carbocycles. The predicted molar refractivity (Wildman–Crippen MR) is 81.3 cm³/mol. The fraction of sp³-hybridized carbons (Fsp3) is 0.312. The summed E-state index contributed by atoms with van der Waals surface area (Å²) in [5, 5.41) is 2.53. The maximum atomic E-state index is 11.9. The molecule has 0 radical (unpaired) electrons. The number of anilines is 1. The molecule has 0 spiro atoms. The van der Waals surface area contributed by atoms with Crippen LogP contribution in [-0.2, 0) is 25.7 Å². The van der Waals surface area contributed by atoms with Crippen LogP contribution in [0.3, 0.4) is 0 Å². The smallest absolute Gasteiger partial charge is 0.411 e. The van der Waals surface area contributed by atoms with Gasteiger partial charge in [0.05, 0.1) is 12.8 Å². The summed E-state index contributed by atoms with van der Waals surface area (Å²) in [5.41, 5.74) is 1.08. The Morgan fingerprint density at radius 2 is 2.00 bits per heavy atom. The van der Waals surface area contributed by atoms with Gasteiger partial charge in [-0.3, -0.25) is 14.9 Å². The molecule has 1 rings (SSSR count). The van der Waals surface area contributed by atoms with E-state index in [9.17, 15) is 14.4 Å². The van der Waals surface area contributed by atoms with Crippen molar-refractivity contribution >= 4 is 23.5 Å². The van der Waals surface area contributed by atoms with Crippen molar-refractivity contribution in [3.05, 3.63) is 42.5 Å². The molecule has 1 N–H and O–H groups in total. The lowest BCUT2D eigenvalue weighted by Gasteiger charge is -2.13. The highest BCUT2D eigenvalue weighted by molar-refractivity contribution is 5.97. The van der Waals surface area contributed by atoms with Gasteiger partial charge in [-0.2, -0.15) is 0 Å². The van der Waals surface area contributed by atoms with Crippen LogP contribution in [0, 0.1) is 5.92 Å². The summed E-state index contributed by atoms with van der Waals surface area (Å²) < 4.78 is 9.68. The second kappa shape index (κ2) is 8.61. The summed E-state index contributed by atoms with van der Waals surface area (Å²) in [5.74, 6) is -1.73. The first-order chi connectivity index (χ1) is 10.5.